The first-order valence-electron chi connectivity index (χ1n) is 12.0. The van der Waals surface area contributed by atoms with E-state index in [9.17, 15) is 19.5 Å². The van der Waals surface area contributed by atoms with E-state index in [-0.39, 0.29) is 19.6 Å². The van der Waals surface area contributed by atoms with Gasteiger partial charge in [0, 0.05) is 53.5 Å². The fourth-order valence-electron chi connectivity index (χ4n) is 4.20. The van der Waals surface area contributed by atoms with E-state index in [1.54, 1.807) is 4.90 Å². The molecule has 2 atom stereocenters. The van der Waals surface area contributed by atoms with Crippen molar-refractivity contribution in [3.05, 3.63) is 59.4 Å². The van der Waals surface area contributed by atoms with Crippen molar-refractivity contribution in [2.75, 3.05) is 46.9 Å². The Morgan fingerprint density at radius 1 is 0.946 bits per heavy atom. The summed E-state index contributed by atoms with van der Waals surface area (Å²) in [6.07, 6.45) is -0.232. The van der Waals surface area contributed by atoms with Crippen molar-refractivity contribution >= 4 is 18.5 Å². The van der Waals surface area contributed by atoms with Crippen LogP contribution in [0.25, 0.3) is 0 Å². The molecule has 1 aromatic heterocycles. The number of benzene rings is 1. The highest BCUT2D eigenvalue weighted by Gasteiger charge is 2.26. The van der Waals surface area contributed by atoms with Gasteiger partial charge in [-0.3, -0.25) is 34.1 Å². The molecule has 200 valence electrons. The zero-order valence-corrected chi connectivity index (χ0v) is 21.2. The van der Waals surface area contributed by atoms with Gasteiger partial charge < -0.3 is 19.3 Å². The van der Waals surface area contributed by atoms with Crippen LogP contribution >= 0.6 is 0 Å². The second-order valence-corrected chi connectivity index (χ2v) is 8.66. The summed E-state index contributed by atoms with van der Waals surface area (Å²) < 4.78 is 16.8. The van der Waals surface area contributed by atoms with Gasteiger partial charge in [-0.25, -0.2) is 0 Å². The number of fused-ring (bicyclic) bond motifs is 2. The molecule has 2 heterocycles. The predicted octanol–water partition coefficient (Wildman–Crippen LogP) is 1.01. The maximum atomic E-state index is 11.8. The van der Waals surface area contributed by atoms with Crippen LogP contribution in [-0.4, -0.2) is 103 Å². The Balaban J connectivity index is 1.96. The third kappa shape index (κ3) is 8.41. The summed E-state index contributed by atoms with van der Waals surface area (Å²) in [5, 5.41) is 9.44. The molecule has 1 aromatic carbocycles. The smallest absolute Gasteiger partial charge is 0.317 e. The zero-order chi connectivity index (χ0) is 26.6. The number of aliphatic carboxylic acids is 1. The van der Waals surface area contributed by atoms with Gasteiger partial charge in [-0.2, -0.15) is 0 Å². The Kier molecular flexibility index (Phi) is 11.1. The van der Waals surface area contributed by atoms with E-state index < -0.39 is 18.4 Å². The quantitative estimate of drug-likeness (QED) is 0.432. The summed E-state index contributed by atoms with van der Waals surface area (Å²) in [5.41, 5.74) is 2.25. The van der Waals surface area contributed by atoms with Gasteiger partial charge in [0.15, 0.2) is 25.0 Å². The Morgan fingerprint density at radius 3 is 2.24 bits per heavy atom. The van der Waals surface area contributed by atoms with Crippen molar-refractivity contribution in [2.24, 2.45) is 0 Å². The number of hydrogen-bond acceptors (Lipinski definition) is 10. The van der Waals surface area contributed by atoms with Crippen LogP contribution in [0.2, 0.25) is 0 Å². The van der Waals surface area contributed by atoms with Crippen LogP contribution in [0.3, 0.4) is 0 Å². The number of aromatic nitrogens is 1. The average molecular weight is 515 g/mol. The molecule has 0 saturated carbocycles. The molecular formula is C26H34N4O7. The molecule has 1 aliphatic heterocycles. The summed E-state index contributed by atoms with van der Waals surface area (Å²) in [4.78, 5) is 45.2. The van der Waals surface area contributed by atoms with Crippen molar-refractivity contribution in [3.8, 4) is 5.75 Å². The van der Waals surface area contributed by atoms with Gasteiger partial charge in [-0.15, -0.1) is 0 Å². The molecular weight excluding hydrogens is 480 g/mol. The minimum Gasteiger partial charge on any atom is -0.487 e. The number of carbonyl (C=O) groups is 3. The van der Waals surface area contributed by atoms with E-state index in [4.69, 9.17) is 19.2 Å². The van der Waals surface area contributed by atoms with Crippen molar-refractivity contribution in [2.45, 2.75) is 32.2 Å². The highest BCUT2D eigenvalue weighted by Crippen LogP contribution is 2.23. The number of ether oxygens (including phenoxy) is 3. The van der Waals surface area contributed by atoms with Crippen molar-refractivity contribution in [1.82, 2.24) is 19.7 Å². The first-order chi connectivity index (χ1) is 18.0. The van der Waals surface area contributed by atoms with E-state index in [0.29, 0.717) is 62.5 Å². The van der Waals surface area contributed by atoms with Gasteiger partial charge in [-0.1, -0.05) is 30.3 Å². The molecule has 0 amide bonds. The molecule has 2 bridgehead atoms. The van der Waals surface area contributed by atoms with Gasteiger partial charge >= 0.3 is 5.97 Å². The summed E-state index contributed by atoms with van der Waals surface area (Å²) in [6, 6.07) is 13.4. The van der Waals surface area contributed by atoms with E-state index in [0.717, 1.165) is 5.56 Å². The zero-order valence-electron chi connectivity index (χ0n) is 21.2. The van der Waals surface area contributed by atoms with Crippen LogP contribution < -0.4 is 4.74 Å². The normalized spacial score (nSPS) is 17.7. The standard InChI is InChI=1S/C26H34N4O7/c1-35-24(17-31)29-11-10-28(16-26(33)34)14-21-8-9-23(37-19-20-6-4-3-5-7-20)22(27-21)15-30(13-12-29)25(18-32)36-2/h3-9,17-18,24-25H,10-16,19H2,1-2H3,(H,33,34). The van der Waals surface area contributed by atoms with Gasteiger partial charge in [0.05, 0.1) is 17.9 Å². The lowest BCUT2D eigenvalue weighted by molar-refractivity contribution is -0.139. The highest BCUT2D eigenvalue weighted by atomic mass is 16.5. The number of methoxy groups -OCH3 is 2. The fourth-order valence-corrected chi connectivity index (χ4v) is 4.20. The number of rotatable bonds is 11. The predicted molar refractivity (Wildman–Crippen MR) is 134 cm³/mol. The first-order valence-corrected chi connectivity index (χ1v) is 12.0. The highest BCUT2D eigenvalue weighted by molar-refractivity contribution is 5.69. The van der Waals surface area contributed by atoms with Gasteiger partial charge in [0.25, 0.3) is 0 Å². The number of carbonyl (C=O) groups excluding carboxylic acids is 2. The third-order valence-corrected chi connectivity index (χ3v) is 6.14. The molecule has 0 saturated heterocycles. The second-order valence-electron chi connectivity index (χ2n) is 8.66. The topological polar surface area (TPSA) is 122 Å². The molecule has 37 heavy (non-hydrogen) atoms. The Labute approximate surface area is 216 Å². The largest absolute Gasteiger partial charge is 0.487 e. The van der Waals surface area contributed by atoms with Crippen LogP contribution in [0.1, 0.15) is 17.0 Å². The Bertz CT molecular complexity index is 1020. The van der Waals surface area contributed by atoms with Crippen LogP contribution in [0.5, 0.6) is 5.75 Å². The lowest BCUT2D eigenvalue weighted by atomic mass is 10.2. The third-order valence-electron chi connectivity index (χ3n) is 6.14. The fraction of sp³-hybridized carbons (Fsp3) is 0.462. The second kappa shape index (κ2) is 14.5. The lowest BCUT2D eigenvalue weighted by Gasteiger charge is -2.34. The lowest BCUT2D eigenvalue weighted by Crippen LogP contribution is -2.49. The average Bonchev–Trinajstić information content (AvgIpc) is 2.89. The molecule has 0 aliphatic carbocycles. The van der Waals surface area contributed by atoms with Gasteiger partial charge in [0.1, 0.15) is 12.4 Å². The van der Waals surface area contributed by atoms with E-state index in [1.807, 2.05) is 52.3 Å². The summed E-state index contributed by atoms with van der Waals surface area (Å²) in [7, 11) is 2.90. The van der Waals surface area contributed by atoms with Crippen LogP contribution in [0.15, 0.2) is 42.5 Å². The maximum absolute atomic E-state index is 11.8. The first kappa shape index (κ1) is 28.4. The molecule has 11 heteroatoms. The maximum Gasteiger partial charge on any atom is 0.317 e. The Morgan fingerprint density at radius 2 is 1.59 bits per heavy atom. The van der Waals surface area contributed by atoms with Gasteiger partial charge in [0.2, 0.25) is 0 Å². The summed E-state index contributed by atoms with van der Waals surface area (Å²) >= 11 is 0. The number of carboxylic acid groups (broad SMARTS) is 1. The number of hydrogen-bond donors (Lipinski definition) is 1. The van der Waals surface area contributed by atoms with Gasteiger partial charge in [-0.05, 0) is 17.7 Å². The number of nitrogens with zero attached hydrogens (tertiary/aromatic N) is 4. The molecule has 0 radical (unpaired) electrons. The van der Waals surface area contributed by atoms with Crippen LogP contribution in [-0.2, 0) is 43.6 Å². The molecule has 11 nitrogen and oxygen atoms in total. The monoisotopic (exact) mass is 514 g/mol. The minimum absolute atomic E-state index is 0.182. The SMILES string of the molecule is COC(C=O)N1CCN(CC(=O)O)Cc2ccc(OCc3ccccc3)c(n2)CN(C(C=O)OC)CC1. The molecule has 0 spiro atoms. The van der Waals surface area contributed by atoms with E-state index in [1.165, 1.54) is 14.2 Å². The molecule has 2 aromatic rings. The molecule has 2 unspecified atom stereocenters. The molecule has 3 rings (SSSR count). The summed E-state index contributed by atoms with van der Waals surface area (Å²) in [6.45, 7) is 2.14. The van der Waals surface area contributed by atoms with E-state index >= 15 is 0 Å². The van der Waals surface area contributed by atoms with Crippen molar-refractivity contribution in [1.29, 1.82) is 0 Å². The van der Waals surface area contributed by atoms with Crippen LogP contribution in [0, 0.1) is 0 Å². The number of aldehydes is 2. The van der Waals surface area contributed by atoms with E-state index in [2.05, 4.69) is 0 Å². The molecule has 1 aliphatic rings. The number of pyridine rings is 1. The van der Waals surface area contributed by atoms with Crippen molar-refractivity contribution < 1.29 is 33.7 Å². The summed E-state index contributed by atoms with van der Waals surface area (Å²) in [5.74, 6) is -0.403. The minimum atomic E-state index is -0.958. The Hall–Kier alpha value is -3.22. The van der Waals surface area contributed by atoms with Crippen molar-refractivity contribution in [3.63, 3.8) is 0 Å². The van der Waals surface area contributed by atoms with Crippen LogP contribution in [0.4, 0.5) is 0 Å². The molecule has 1 N–H and O–H groups in total. The molecule has 0 fully saturated rings. The number of carboxylic acids is 1.